The van der Waals surface area contributed by atoms with Crippen LogP contribution in [0, 0.1) is 0 Å². The Labute approximate surface area is 101 Å². The molecule has 1 aliphatic heterocycles. The van der Waals surface area contributed by atoms with Gasteiger partial charge in [0, 0.05) is 24.0 Å². The third kappa shape index (κ3) is 3.15. The number of rotatable bonds is 4. The van der Waals surface area contributed by atoms with Gasteiger partial charge in [-0.15, -0.1) is 0 Å². The molecule has 2 rings (SSSR count). The highest BCUT2D eigenvalue weighted by Crippen LogP contribution is 2.18. The highest BCUT2D eigenvalue weighted by atomic mass is 32.1. The summed E-state index contributed by atoms with van der Waals surface area (Å²) in [6, 6.07) is 0.582. The van der Waals surface area contributed by atoms with Gasteiger partial charge in [-0.25, -0.2) is 4.98 Å². The van der Waals surface area contributed by atoms with Crippen molar-refractivity contribution in [3.05, 3.63) is 5.82 Å². The average Bonchev–Trinajstić information content (AvgIpc) is 2.70. The molecule has 0 aromatic carbocycles. The third-order valence-electron chi connectivity index (χ3n) is 2.99. The van der Waals surface area contributed by atoms with Crippen LogP contribution in [0.5, 0.6) is 0 Å². The third-order valence-corrected chi connectivity index (χ3v) is 3.67. The molecule has 0 radical (unpaired) electrons. The summed E-state index contributed by atoms with van der Waals surface area (Å²) in [5.74, 6) is 0.989. The molecule has 4 nitrogen and oxygen atoms in total. The lowest BCUT2D eigenvalue weighted by atomic mass is 10.1. The maximum absolute atomic E-state index is 4.50. The van der Waals surface area contributed by atoms with E-state index >= 15 is 0 Å². The normalized spacial score (nSPS) is 18.9. The van der Waals surface area contributed by atoms with Crippen molar-refractivity contribution in [2.24, 2.45) is 0 Å². The van der Waals surface area contributed by atoms with E-state index in [-0.39, 0.29) is 0 Å². The molecule has 0 amide bonds. The largest absolute Gasteiger partial charge is 0.357 e. The van der Waals surface area contributed by atoms with Crippen LogP contribution in [-0.4, -0.2) is 40.4 Å². The molecule has 0 saturated carbocycles. The van der Waals surface area contributed by atoms with Crippen molar-refractivity contribution in [2.75, 3.05) is 25.5 Å². The van der Waals surface area contributed by atoms with E-state index < -0.39 is 0 Å². The summed E-state index contributed by atoms with van der Waals surface area (Å²) >= 11 is 1.50. The average molecular weight is 240 g/mol. The minimum Gasteiger partial charge on any atom is -0.357 e. The smallest absolute Gasteiger partial charge is 0.202 e. The first kappa shape index (κ1) is 11.8. The molecule has 5 heteroatoms. The number of likely N-dealkylation sites (tertiary alicyclic amines) is 1. The quantitative estimate of drug-likeness (QED) is 0.874. The summed E-state index contributed by atoms with van der Waals surface area (Å²) in [5.41, 5.74) is 0. The minimum atomic E-state index is 0.582. The number of aromatic nitrogens is 2. The van der Waals surface area contributed by atoms with E-state index in [1.807, 2.05) is 0 Å². The maximum atomic E-state index is 4.50. The highest BCUT2D eigenvalue weighted by Gasteiger charge is 2.17. The fourth-order valence-corrected chi connectivity index (χ4v) is 2.65. The molecule has 1 aromatic heterocycles. The molecule has 0 unspecified atom stereocenters. The molecule has 0 spiro atoms. The Kier molecular flexibility index (Phi) is 4.12. The van der Waals surface area contributed by atoms with Crippen LogP contribution in [0.4, 0.5) is 5.13 Å². The Morgan fingerprint density at radius 2 is 2.19 bits per heavy atom. The zero-order valence-corrected chi connectivity index (χ0v) is 10.9. The van der Waals surface area contributed by atoms with Crippen LogP contribution in [0.2, 0.25) is 0 Å². The fourth-order valence-electron chi connectivity index (χ4n) is 1.97. The molecule has 2 heterocycles. The number of aryl methyl sites for hydroxylation is 1. The number of hydrogen-bond acceptors (Lipinski definition) is 5. The van der Waals surface area contributed by atoms with Crippen LogP contribution < -0.4 is 5.32 Å². The van der Waals surface area contributed by atoms with Crippen molar-refractivity contribution in [3.8, 4) is 0 Å². The molecule has 1 saturated heterocycles. The zero-order chi connectivity index (χ0) is 11.4. The van der Waals surface area contributed by atoms with E-state index in [4.69, 9.17) is 0 Å². The van der Waals surface area contributed by atoms with Gasteiger partial charge in [-0.2, -0.15) is 4.37 Å². The van der Waals surface area contributed by atoms with E-state index in [0.29, 0.717) is 6.04 Å². The first-order chi connectivity index (χ1) is 7.78. The van der Waals surface area contributed by atoms with Crippen LogP contribution in [0.3, 0.4) is 0 Å². The van der Waals surface area contributed by atoms with Crippen LogP contribution in [0.25, 0.3) is 0 Å². The Balaban J connectivity index is 1.83. The highest BCUT2D eigenvalue weighted by molar-refractivity contribution is 7.09. The van der Waals surface area contributed by atoms with Gasteiger partial charge >= 0.3 is 0 Å². The lowest BCUT2D eigenvalue weighted by Crippen LogP contribution is -2.36. The molecule has 1 aromatic rings. The van der Waals surface area contributed by atoms with Crippen LogP contribution in [0.1, 0.15) is 32.0 Å². The van der Waals surface area contributed by atoms with Gasteiger partial charge in [0.1, 0.15) is 5.82 Å². The molecule has 0 aliphatic carbocycles. The van der Waals surface area contributed by atoms with Crippen molar-refractivity contribution >= 4 is 16.7 Å². The van der Waals surface area contributed by atoms with Gasteiger partial charge in [0.25, 0.3) is 0 Å². The Morgan fingerprint density at radius 3 is 2.88 bits per heavy atom. The van der Waals surface area contributed by atoms with E-state index in [1.54, 1.807) is 0 Å². The first-order valence-electron chi connectivity index (χ1n) is 6.05. The van der Waals surface area contributed by atoms with Gasteiger partial charge in [-0.1, -0.05) is 6.92 Å². The molecular formula is C11H20N4S. The molecule has 0 atom stereocenters. The summed E-state index contributed by atoms with van der Waals surface area (Å²) < 4.78 is 4.34. The number of hydrogen-bond donors (Lipinski definition) is 1. The molecule has 90 valence electrons. The first-order valence-corrected chi connectivity index (χ1v) is 6.83. The van der Waals surface area contributed by atoms with Crippen LogP contribution >= 0.6 is 11.5 Å². The number of nitrogens with one attached hydrogen (secondary N) is 1. The van der Waals surface area contributed by atoms with Crippen molar-refractivity contribution in [1.29, 1.82) is 0 Å². The molecule has 1 fully saturated rings. The van der Waals surface area contributed by atoms with Crippen LogP contribution in [0.15, 0.2) is 0 Å². The summed E-state index contributed by atoms with van der Waals surface area (Å²) in [5, 5.41) is 4.50. The molecule has 16 heavy (non-hydrogen) atoms. The van der Waals surface area contributed by atoms with E-state index in [9.17, 15) is 0 Å². The van der Waals surface area contributed by atoms with E-state index in [1.165, 1.54) is 37.5 Å². The zero-order valence-electron chi connectivity index (χ0n) is 10.1. The lowest BCUT2D eigenvalue weighted by Gasteiger charge is -2.29. The van der Waals surface area contributed by atoms with Crippen LogP contribution in [-0.2, 0) is 6.42 Å². The van der Waals surface area contributed by atoms with Crippen molar-refractivity contribution in [1.82, 2.24) is 14.3 Å². The minimum absolute atomic E-state index is 0.582. The molecular weight excluding hydrogens is 220 g/mol. The lowest BCUT2D eigenvalue weighted by molar-refractivity contribution is 0.264. The molecule has 1 N–H and O–H groups in total. The molecule has 1 aliphatic rings. The maximum Gasteiger partial charge on any atom is 0.202 e. The second-order valence-corrected chi connectivity index (χ2v) is 5.24. The SMILES string of the molecule is CCCc1nsc(NC2CCN(C)CC2)n1. The van der Waals surface area contributed by atoms with Gasteiger partial charge in [0.2, 0.25) is 5.13 Å². The van der Waals surface area contributed by atoms with Gasteiger partial charge < -0.3 is 10.2 Å². The number of piperidine rings is 1. The summed E-state index contributed by atoms with van der Waals surface area (Å²) in [6.07, 6.45) is 4.52. The standard InChI is InChI=1S/C11H20N4S/c1-3-4-10-13-11(16-14-10)12-9-5-7-15(2)8-6-9/h9H,3-8H2,1-2H3,(H,12,13,14). The van der Waals surface area contributed by atoms with Crippen molar-refractivity contribution in [3.63, 3.8) is 0 Å². The second kappa shape index (κ2) is 5.59. The van der Waals surface area contributed by atoms with Crippen molar-refractivity contribution < 1.29 is 0 Å². The number of anilines is 1. The predicted molar refractivity (Wildman–Crippen MR) is 68.0 cm³/mol. The van der Waals surface area contributed by atoms with Gasteiger partial charge in [-0.05, 0) is 39.4 Å². The van der Waals surface area contributed by atoms with E-state index in [2.05, 4.69) is 33.5 Å². The summed E-state index contributed by atoms with van der Waals surface area (Å²) in [4.78, 5) is 6.87. The monoisotopic (exact) mass is 240 g/mol. The summed E-state index contributed by atoms with van der Waals surface area (Å²) in [6.45, 7) is 4.52. The topological polar surface area (TPSA) is 41.1 Å². The van der Waals surface area contributed by atoms with Gasteiger partial charge in [0.05, 0.1) is 0 Å². The molecule has 0 bridgehead atoms. The second-order valence-electron chi connectivity index (χ2n) is 4.49. The number of nitrogens with zero attached hydrogens (tertiary/aromatic N) is 3. The van der Waals surface area contributed by atoms with Gasteiger partial charge in [-0.3, -0.25) is 0 Å². The predicted octanol–water partition coefficient (Wildman–Crippen LogP) is 2.00. The van der Waals surface area contributed by atoms with E-state index in [0.717, 1.165) is 23.8 Å². The van der Waals surface area contributed by atoms with Gasteiger partial charge in [0.15, 0.2) is 0 Å². The fraction of sp³-hybridized carbons (Fsp3) is 0.818. The Morgan fingerprint density at radius 1 is 1.44 bits per heavy atom. The van der Waals surface area contributed by atoms with Crippen molar-refractivity contribution in [2.45, 2.75) is 38.6 Å². The Bertz CT molecular complexity index is 318. The summed E-state index contributed by atoms with van der Waals surface area (Å²) in [7, 11) is 2.18. The Hall–Kier alpha value is -0.680.